The van der Waals surface area contributed by atoms with Crippen molar-refractivity contribution in [3.63, 3.8) is 0 Å². The summed E-state index contributed by atoms with van der Waals surface area (Å²) in [6.07, 6.45) is 0.698. The van der Waals surface area contributed by atoms with Gasteiger partial charge in [-0.25, -0.2) is 0 Å². The molecule has 0 aliphatic rings. The fourth-order valence-corrected chi connectivity index (χ4v) is 0.371. The maximum absolute atomic E-state index is 8.45. The molecule has 2 N–H and O–H groups in total. The largest absolute Gasteiger partial charge is 0.397 e. The summed E-state index contributed by atoms with van der Waals surface area (Å²) in [5.41, 5.74) is -0.158. The summed E-state index contributed by atoms with van der Waals surface area (Å²) < 4.78 is 5.02. The van der Waals surface area contributed by atoms with Crippen molar-refractivity contribution in [3.05, 3.63) is 0 Å². The van der Waals surface area contributed by atoms with E-state index in [1.807, 2.05) is 13.8 Å². The number of ether oxygens (including phenoxy) is 1. The summed E-state index contributed by atoms with van der Waals surface area (Å²) in [6, 6.07) is 0. The van der Waals surface area contributed by atoms with Crippen molar-refractivity contribution in [1.82, 2.24) is 0 Å². The molecule has 0 rings (SSSR count). The van der Waals surface area contributed by atoms with E-state index < -0.39 is 0 Å². The lowest BCUT2D eigenvalue weighted by Gasteiger charge is -2.20. The molecule has 3 heteroatoms. The van der Waals surface area contributed by atoms with Gasteiger partial charge in [-0.05, 0) is 27.2 Å². The second-order valence-electron chi connectivity index (χ2n) is 2.75. The molecule has 0 heterocycles. The maximum atomic E-state index is 8.45. The molecule has 0 fully saturated rings. The van der Waals surface area contributed by atoms with Gasteiger partial charge in [-0.1, -0.05) is 0 Å². The molecule has 70 valence electrons. The third-order valence-corrected chi connectivity index (χ3v) is 1.27. The zero-order valence-corrected chi connectivity index (χ0v) is 7.92. The highest BCUT2D eigenvalue weighted by atomic mass is 16.5. The van der Waals surface area contributed by atoms with E-state index in [0.29, 0.717) is 6.42 Å². The smallest absolute Gasteiger partial charge is 0.0644 e. The van der Waals surface area contributed by atoms with Gasteiger partial charge < -0.3 is 14.9 Å². The molecule has 0 radical (unpaired) electrons. The van der Waals surface area contributed by atoms with E-state index in [-0.39, 0.29) is 18.8 Å². The van der Waals surface area contributed by atoms with Gasteiger partial charge in [0.15, 0.2) is 0 Å². The lowest BCUT2D eigenvalue weighted by molar-refractivity contribution is 0.00293. The Kier molecular flexibility index (Phi) is 9.77. The average Bonchev–Trinajstić information content (AvgIpc) is 1.90. The third-order valence-electron chi connectivity index (χ3n) is 1.27. The standard InChI is InChI=1S/C6H14O2.C2H6O/c1-6(2,8-3)4-5-7;1-2-3/h7H,4-5H2,1-3H3;3H,2H2,1H3. The summed E-state index contributed by atoms with van der Waals surface area (Å²) in [5, 5.41) is 16.0. The Balaban J connectivity index is 0. The molecule has 3 nitrogen and oxygen atoms in total. The molecule has 0 aromatic carbocycles. The molecule has 0 aliphatic carbocycles. The van der Waals surface area contributed by atoms with Crippen molar-refractivity contribution >= 4 is 0 Å². The van der Waals surface area contributed by atoms with Crippen LogP contribution in [0.25, 0.3) is 0 Å². The first kappa shape index (κ1) is 13.5. The molecule has 0 saturated heterocycles. The fourth-order valence-electron chi connectivity index (χ4n) is 0.371. The molecule has 0 aromatic heterocycles. The number of hydrogen-bond donors (Lipinski definition) is 2. The first-order valence-electron chi connectivity index (χ1n) is 3.81. The van der Waals surface area contributed by atoms with Gasteiger partial charge in [-0.2, -0.15) is 0 Å². The van der Waals surface area contributed by atoms with Crippen LogP contribution < -0.4 is 0 Å². The SMILES string of the molecule is CCO.COC(C)(C)CCO. The highest BCUT2D eigenvalue weighted by Gasteiger charge is 2.13. The van der Waals surface area contributed by atoms with Crippen LogP contribution in [0.1, 0.15) is 27.2 Å². The topological polar surface area (TPSA) is 49.7 Å². The van der Waals surface area contributed by atoms with E-state index in [0.717, 1.165) is 0 Å². The van der Waals surface area contributed by atoms with Crippen LogP contribution in [0.4, 0.5) is 0 Å². The fraction of sp³-hybridized carbons (Fsp3) is 1.00. The molecule has 0 spiro atoms. The zero-order chi connectivity index (χ0) is 9.33. The van der Waals surface area contributed by atoms with Gasteiger partial charge in [0, 0.05) is 20.3 Å². The van der Waals surface area contributed by atoms with Gasteiger partial charge in [0.25, 0.3) is 0 Å². The molecule has 11 heavy (non-hydrogen) atoms. The summed E-state index contributed by atoms with van der Waals surface area (Å²) in [4.78, 5) is 0. The summed E-state index contributed by atoms with van der Waals surface area (Å²) in [5.74, 6) is 0. The van der Waals surface area contributed by atoms with Crippen molar-refractivity contribution in [2.45, 2.75) is 32.8 Å². The Morgan fingerprint density at radius 2 is 1.64 bits per heavy atom. The van der Waals surface area contributed by atoms with E-state index in [9.17, 15) is 0 Å². The Morgan fingerprint density at radius 1 is 1.27 bits per heavy atom. The van der Waals surface area contributed by atoms with E-state index in [1.54, 1.807) is 14.0 Å². The zero-order valence-electron chi connectivity index (χ0n) is 7.92. The van der Waals surface area contributed by atoms with Gasteiger partial charge in [0.1, 0.15) is 0 Å². The van der Waals surface area contributed by atoms with E-state index in [4.69, 9.17) is 14.9 Å². The molecule has 0 bridgehead atoms. The lowest BCUT2D eigenvalue weighted by Crippen LogP contribution is -2.23. The minimum absolute atomic E-state index is 0.158. The molecule has 0 saturated carbocycles. The van der Waals surface area contributed by atoms with Gasteiger partial charge in [0.2, 0.25) is 0 Å². The second-order valence-corrected chi connectivity index (χ2v) is 2.75. The number of hydrogen-bond acceptors (Lipinski definition) is 3. The summed E-state index contributed by atoms with van der Waals surface area (Å²) in [6.45, 7) is 6.02. The van der Waals surface area contributed by atoms with Crippen molar-refractivity contribution < 1.29 is 14.9 Å². The number of methoxy groups -OCH3 is 1. The quantitative estimate of drug-likeness (QED) is 0.648. The Morgan fingerprint density at radius 3 is 1.73 bits per heavy atom. The first-order chi connectivity index (χ1) is 5.04. The summed E-state index contributed by atoms with van der Waals surface area (Å²) >= 11 is 0. The molecule has 0 unspecified atom stereocenters. The normalized spacial score (nSPS) is 10.4. The molecule has 0 amide bonds. The summed E-state index contributed by atoms with van der Waals surface area (Å²) in [7, 11) is 1.65. The molecule has 0 atom stereocenters. The highest BCUT2D eigenvalue weighted by molar-refractivity contribution is 4.65. The van der Waals surface area contributed by atoms with Crippen LogP contribution in [0.15, 0.2) is 0 Å². The Hall–Kier alpha value is -0.120. The molecular formula is C8H20O3. The van der Waals surface area contributed by atoms with Crippen LogP contribution in [-0.4, -0.2) is 36.1 Å². The van der Waals surface area contributed by atoms with E-state index in [1.165, 1.54) is 0 Å². The van der Waals surface area contributed by atoms with E-state index >= 15 is 0 Å². The van der Waals surface area contributed by atoms with Crippen LogP contribution in [0.3, 0.4) is 0 Å². The molecule has 0 aliphatic heterocycles. The third kappa shape index (κ3) is 13.0. The van der Waals surface area contributed by atoms with Gasteiger partial charge in [-0.3, -0.25) is 0 Å². The predicted octanol–water partition coefficient (Wildman–Crippen LogP) is 0.792. The molecule has 0 aromatic rings. The molecular weight excluding hydrogens is 144 g/mol. The van der Waals surface area contributed by atoms with Gasteiger partial charge in [0.05, 0.1) is 5.60 Å². The minimum atomic E-state index is -0.158. The Bertz CT molecular complexity index is 71.7. The minimum Gasteiger partial charge on any atom is -0.397 e. The Labute approximate surface area is 69.0 Å². The second kappa shape index (κ2) is 7.98. The highest BCUT2D eigenvalue weighted by Crippen LogP contribution is 2.10. The van der Waals surface area contributed by atoms with E-state index in [2.05, 4.69) is 0 Å². The van der Waals surface area contributed by atoms with Crippen molar-refractivity contribution in [1.29, 1.82) is 0 Å². The average molecular weight is 164 g/mol. The van der Waals surface area contributed by atoms with Crippen LogP contribution in [0, 0.1) is 0 Å². The predicted molar refractivity (Wildman–Crippen MR) is 45.6 cm³/mol. The van der Waals surface area contributed by atoms with Crippen molar-refractivity contribution in [3.8, 4) is 0 Å². The monoisotopic (exact) mass is 164 g/mol. The van der Waals surface area contributed by atoms with Crippen molar-refractivity contribution in [2.24, 2.45) is 0 Å². The number of aliphatic hydroxyl groups excluding tert-OH is 2. The van der Waals surface area contributed by atoms with Gasteiger partial charge >= 0.3 is 0 Å². The van der Waals surface area contributed by atoms with Crippen molar-refractivity contribution in [2.75, 3.05) is 20.3 Å². The van der Waals surface area contributed by atoms with Crippen LogP contribution in [-0.2, 0) is 4.74 Å². The van der Waals surface area contributed by atoms with Crippen LogP contribution in [0.2, 0.25) is 0 Å². The van der Waals surface area contributed by atoms with Crippen LogP contribution in [0.5, 0.6) is 0 Å². The maximum Gasteiger partial charge on any atom is 0.0644 e. The first-order valence-corrected chi connectivity index (χ1v) is 3.81. The number of aliphatic hydroxyl groups is 2. The van der Waals surface area contributed by atoms with Crippen LogP contribution >= 0.6 is 0 Å². The number of rotatable bonds is 3. The lowest BCUT2D eigenvalue weighted by atomic mass is 10.1. The van der Waals surface area contributed by atoms with Gasteiger partial charge in [-0.15, -0.1) is 0 Å².